The lowest BCUT2D eigenvalue weighted by Gasteiger charge is -2.09. The van der Waals surface area contributed by atoms with Gasteiger partial charge < -0.3 is 10.1 Å². The predicted octanol–water partition coefficient (Wildman–Crippen LogP) is 2.71. The van der Waals surface area contributed by atoms with E-state index in [2.05, 4.69) is 15.6 Å². The van der Waals surface area contributed by atoms with Gasteiger partial charge in [-0.1, -0.05) is 11.3 Å². The average molecular weight is 333 g/mol. The minimum absolute atomic E-state index is 0.326. The second kappa shape index (κ2) is 6.84. The summed E-state index contributed by atoms with van der Waals surface area (Å²) in [6.07, 6.45) is 0. The number of anilines is 1. The molecule has 0 aliphatic heterocycles. The van der Waals surface area contributed by atoms with Gasteiger partial charge in [0.05, 0.1) is 30.1 Å². The second-order valence-corrected chi connectivity index (χ2v) is 5.28. The molecule has 1 N–H and O–H groups in total. The fourth-order valence-corrected chi connectivity index (χ4v) is 2.38. The Morgan fingerprint density at radius 3 is 2.68 bits per heavy atom. The maximum absolute atomic E-state index is 12.7. The molecule has 0 saturated carbocycles. The summed E-state index contributed by atoms with van der Waals surface area (Å²) in [5.74, 6) is 0.355. The van der Waals surface area contributed by atoms with E-state index in [1.54, 1.807) is 62.6 Å². The van der Waals surface area contributed by atoms with Gasteiger partial charge in [-0.15, -0.1) is 5.10 Å². The zero-order chi connectivity index (χ0) is 17.8. The highest BCUT2D eigenvalue weighted by Gasteiger charge is 2.19. The van der Waals surface area contributed by atoms with Crippen LogP contribution in [-0.4, -0.2) is 28.0 Å². The number of nitriles is 1. The predicted molar refractivity (Wildman–Crippen MR) is 91.8 cm³/mol. The third-order valence-electron chi connectivity index (χ3n) is 3.62. The Hall–Kier alpha value is -3.66. The Labute approximate surface area is 144 Å². The maximum Gasteiger partial charge on any atom is 0.276 e. The molecule has 7 nitrogen and oxygen atoms in total. The number of carbonyl (C=O) groups excluding carboxylic acids is 1. The summed E-state index contributed by atoms with van der Waals surface area (Å²) in [4.78, 5) is 12.7. The molecule has 0 fully saturated rings. The lowest BCUT2D eigenvalue weighted by molar-refractivity contribution is 0.101. The smallest absolute Gasteiger partial charge is 0.276 e. The van der Waals surface area contributed by atoms with E-state index in [9.17, 15) is 4.79 Å². The number of ether oxygens (including phenoxy) is 1. The summed E-state index contributed by atoms with van der Waals surface area (Å²) < 4.78 is 6.61. The number of nitrogens with one attached hydrogen (secondary N) is 1. The highest BCUT2D eigenvalue weighted by Crippen LogP contribution is 2.18. The van der Waals surface area contributed by atoms with Gasteiger partial charge >= 0.3 is 0 Å². The molecule has 0 saturated heterocycles. The molecule has 0 bridgehead atoms. The van der Waals surface area contributed by atoms with Gasteiger partial charge in [-0.3, -0.25) is 4.79 Å². The molecule has 3 aromatic rings. The van der Waals surface area contributed by atoms with E-state index >= 15 is 0 Å². The van der Waals surface area contributed by atoms with E-state index in [1.807, 2.05) is 6.07 Å². The van der Waals surface area contributed by atoms with E-state index in [0.29, 0.717) is 34.1 Å². The first-order valence-electron chi connectivity index (χ1n) is 7.50. The van der Waals surface area contributed by atoms with Crippen molar-refractivity contribution in [1.29, 1.82) is 5.26 Å². The fraction of sp³-hybridized carbons (Fsp3) is 0.111. The number of rotatable bonds is 4. The molecule has 7 heteroatoms. The molecule has 3 rings (SSSR count). The molecule has 0 atom stereocenters. The first kappa shape index (κ1) is 16.2. The van der Waals surface area contributed by atoms with Crippen LogP contribution in [0.25, 0.3) is 5.69 Å². The molecule has 0 aliphatic rings. The number of hydrogen-bond acceptors (Lipinski definition) is 5. The lowest BCUT2D eigenvalue weighted by atomic mass is 10.2. The SMILES string of the molecule is COc1ccc(-n2nnc(C)c2C(=O)Nc2cccc(C#N)c2)cc1. The summed E-state index contributed by atoms with van der Waals surface area (Å²) in [6.45, 7) is 1.72. The zero-order valence-corrected chi connectivity index (χ0v) is 13.7. The number of amides is 1. The van der Waals surface area contributed by atoms with Crippen molar-refractivity contribution < 1.29 is 9.53 Å². The number of benzene rings is 2. The van der Waals surface area contributed by atoms with Gasteiger partial charge in [0.1, 0.15) is 5.75 Å². The summed E-state index contributed by atoms with van der Waals surface area (Å²) in [6, 6.07) is 15.9. The van der Waals surface area contributed by atoms with Gasteiger partial charge in [0.25, 0.3) is 5.91 Å². The molecule has 0 radical (unpaired) electrons. The van der Waals surface area contributed by atoms with Crippen LogP contribution in [0.3, 0.4) is 0 Å². The van der Waals surface area contributed by atoms with Crippen LogP contribution in [0.5, 0.6) is 5.75 Å². The van der Waals surface area contributed by atoms with Gasteiger partial charge in [-0.2, -0.15) is 5.26 Å². The normalized spacial score (nSPS) is 10.1. The van der Waals surface area contributed by atoms with E-state index in [-0.39, 0.29) is 5.91 Å². The number of hydrogen-bond donors (Lipinski definition) is 1. The number of methoxy groups -OCH3 is 1. The number of carbonyl (C=O) groups is 1. The molecule has 0 spiro atoms. The van der Waals surface area contributed by atoms with Gasteiger partial charge in [0.2, 0.25) is 0 Å². The van der Waals surface area contributed by atoms with Crippen LogP contribution < -0.4 is 10.1 Å². The molecule has 25 heavy (non-hydrogen) atoms. The van der Waals surface area contributed by atoms with E-state index in [0.717, 1.165) is 0 Å². The van der Waals surface area contributed by atoms with Crippen molar-refractivity contribution in [2.24, 2.45) is 0 Å². The van der Waals surface area contributed by atoms with E-state index in [1.165, 1.54) is 4.68 Å². The third kappa shape index (κ3) is 3.33. The van der Waals surface area contributed by atoms with Gasteiger partial charge in [0.15, 0.2) is 5.69 Å². The Kier molecular flexibility index (Phi) is 4.44. The van der Waals surface area contributed by atoms with Crippen LogP contribution in [0.4, 0.5) is 5.69 Å². The highest BCUT2D eigenvalue weighted by molar-refractivity contribution is 6.04. The van der Waals surface area contributed by atoms with Crippen LogP contribution in [0.1, 0.15) is 21.7 Å². The minimum Gasteiger partial charge on any atom is -0.497 e. The van der Waals surface area contributed by atoms with Crippen LogP contribution in [0.15, 0.2) is 48.5 Å². The van der Waals surface area contributed by atoms with E-state index in [4.69, 9.17) is 10.00 Å². The largest absolute Gasteiger partial charge is 0.497 e. The van der Waals surface area contributed by atoms with Crippen molar-refractivity contribution in [3.05, 3.63) is 65.5 Å². The minimum atomic E-state index is -0.353. The summed E-state index contributed by atoms with van der Waals surface area (Å²) in [7, 11) is 1.59. The van der Waals surface area contributed by atoms with E-state index < -0.39 is 0 Å². The summed E-state index contributed by atoms with van der Waals surface area (Å²) >= 11 is 0. The molecule has 1 heterocycles. The lowest BCUT2D eigenvalue weighted by Crippen LogP contribution is -2.18. The van der Waals surface area contributed by atoms with Crippen LogP contribution in [0, 0.1) is 18.3 Å². The third-order valence-corrected chi connectivity index (χ3v) is 3.62. The molecule has 0 aliphatic carbocycles. The van der Waals surface area contributed by atoms with Gasteiger partial charge in [-0.05, 0) is 49.4 Å². The van der Waals surface area contributed by atoms with Crippen LogP contribution in [-0.2, 0) is 0 Å². The van der Waals surface area contributed by atoms with Crippen LogP contribution >= 0.6 is 0 Å². The van der Waals surface area contributed by atoms with Gasteiger partial charge in [-0.25, -0.2) is 4.68 Å². The molecule has 124 valence electrons. The van der Waals surface area contributed by atoms with Crippen molar-refractivity contribution >= 4 is 11.6 Å². The van der Waals surface area contributed by atoms with Crippen molar-refractivity contribution in [1.82, 2.24) is 15.0 Å². The molecular weight excluding hydrogens is 318 g/mol. The van der Waals surface area contributed by atoms with Gasteiger partial charge in [0, 0.05) is 5.69 Å². The number of aromatic nitrogens is 3. The monoisotopic (exact) mass is 333 g/mol. The topological polar surface area (TPSA) is 92.8 Å². The summed E-state index contributed by atoms with van der Waals surface area (Å²) in [5.41, 5.74) is 2.52. The Bertz CT molecular complexity index is 954. The average Bonchev–Trinajstić information content (AvgIpc) is 3.03. The maximum atomic E-state index is 12.7. The number of aryl methyl sites for hydroxylation is 1. The van der Waals surface area contributed by atoms with Crippen molar-refractivity contribution in [2.75, 3.05) is 12.4 Å². The molecule has 1 amide bonds. The molecular formula is C18H15N5O2. The Balaban J connectivity index is 1.92. The Morgan fingerprint density at radius 2 is 2.00 bits per heavy atom. The van der Waals surface area contributed by atoms with Crippen LogP contribution in [0.2, 0.25) is 0 Å². The first-order chi connectivity index (χ1) is 12.1. The van der Waals surface area contributed by atoms with Crippen molar-refractivity contribution in [3.63, 3.8) is 0 Å². The number of nitrogens with zero attached hydrogens (tertiary/aromatic N) is 4. The first-order valence-corrected chi connectivity index (χ1v) is 7.50. The molecule has 0 unspecified atom stereocenters. The summed E-state index contributed by atoms with van der Waals surface area (Å²) in [5, 5.41) is 19.8. The molecule has 2 aromatic carbocycles. The standard InChI is InChI=1S/C18H15N5O2/c1-12-17(18(24)20-14-5-3-4-13(10-14)11-19)23(22-21-12)15-6-8-16(25-2)9-7-15/h3-10H,1-2H3,(H,20,24). The van der Waals surface area contributed by atoms with Crippen molar-refractivity contribution in [3.8, 4) is 17.5 Å². The Morgan fingerprint density at radius 1 is 1.24 bits per heavy atom. The quantitative estimate of drug-likeness (QED) is 0.792. The fourth-order valence-electron chi connectivity index (χ4n) is 2.38. The zero-order valence-electron chi connectivity index (χ0n) is 13.7. The second-order valence-electron chi connectivity index (χ2n) is 5.28. The molecule has 1 aromatic heterocycles. The van der Waals surface area contributed by atoms with Crippen molar-refractivity contribution in [2.45, 2.75) is 6.92 Å². The highest BCUT2D eigenvalue weighted by atomic mass is 16.5.